The average Bonchev–Trinajstić information content (AvgIpc) is 3.44. The lowest BCUT2D eigenvalue weighted by Crippen LogP contribution is -2.73. The van der Waals surface area contributed by atoms with Crippen LogP contribution < -0.4 is 0 Å². The Hall–Kier alpha value is -1.11. The molecule has 8 heterocycles. The topological polar surface area (TPSA) is 133 Å². The van der Waals surface area contributed by atoms with Crippen LogP contribution >= 0.6 is 0 Å². The van der Waals surface area contributed by atoms with Gasteiger partial charge in [0.05, 0.1) is 19.8 Å². The van der Waals surface area contributed by atoms with Crippen molar-refractivity contribution in [2.24, 2.45) is 41.4 Å². The lowest BCUT2D eigenvalue weighted by molar-refractivity contribution is -0.586. The predicted molar refractivity (Wildman–Crippen MR) is 167 cm³/mol. The van der Waals surface area contributed by atoms with Crippen molar-refractivity contribution in [2.45, 2.75) is 152 Å². The number of alkyl halides is 3. The highest BCUT2D eigenvalue weighted by Crippen LogP contribution is 2.63. The van der Waals surface area contributed by atoms with Gasteiger partial charge in [0.25, 0.3) is 0 Å². The molecule has 51 heavy (non-hydrogen) atoms. The molecule has 15 heteroatoms. The van der Waals surface area contributed by atoms with Gasteiger partial charge in [-0.15, -0.1) is 0 Å². The molecule has 4 bridgehead atoms. The summed E-state index contributed by atoms with van der Waals surface area (Å²) in [4.78, 5) is 23.8. The van der Waals surface area contributed by atoms with E-state index in [1.54, 1.807) is 13.8 Å². The third-order valence-electron chi connectivity index (χ3n) is 14.0. The Balaban J connectivity index is 0.942. The van der Waals surface area contributed by atoms with Gasteiger partial charge in [-0.3, -0.25) is 0 Å². The van der Waals surface area contributed by atoms with Crippen LogP contribution in [-0.4, -0.2) is 89.6 Å². The van der Waals surface area contributed by atoms with Gasteiger partial charge in [-0.25, -0.2) is 19.6 Å². The molecular formula is C36H53F3O12. The van der Waals surface area contributed by atoms with E-state index >= 15 is 0 Å². The molecule has 0 aromatic carbocycles. The van der Waals surface area contributed by atoms with Crippen LogP contribution in [0.1, 0.15) is 92.9 Å². The summed E-state index contributed by atoms with van der Waals surface area (Å²) in [5.41, 5.74) is -2.18. The number of rotatable bonds is 8. The maximum atomic E-state index is 14.5. The molecule has 16 atom stereocenters. The van der Waals surface area contributed by atoms with Crippen LogP contribution in [0.5, 0.6) is 0 Å². The first-order valence-electron chi connectivity index (χ1n) is 18.8. The Morgan fingerprint density at radius 3 is 1.98 bits per heavy atom. The normalized spacial score (nSPS) is 51.5. The van der Waals surface area contributed by atoms with Gasteiger partial charge in [-0.1, -0.05) is 20.8 Å². The van der Waals surface area contributed by atoms with E-state index in [1.807, 2.05) is 13.8 Å². The van der Waals surface area contributed by atoms with E-state index in [0.29, 0.717) is 38.0 Å². The van der Waals surface area contributed by atoms with Gasteiger partial charge in [-0.2, -0.15) is 13.2 Å². The van der Waals surface area contributed by atoms with E-state index < -0.39 is 84.4 Å². The van der Waals surface area contributed by atoms with Crippen molar-refractivity contribution in [3.8, 4) is 0 Å². The van der Waals surface area contributed by atoms with Gasteiger partial charge in [0.2, 0.25) is 23.6 Å². The lowest BCUT2D eigenvalue weighted by Gasteiger charge is -2.62. The van der Waals surface area contributed by atoms with Gasteiger partial charge in [0.1, 0.15) is 12.2 Å². The molecular weight excluding hydrogens is 681 g/mol. The van der Waals surface area contributed by atoms with Crippen molar-refractivity contribution < 1.29 is 71.4 Å². The van der Waals surface area contributed by atoms with E-state index in [-0.39, 0.29) is 41.8 Å². The minimum absolute atomic E-state index is 0.0168. The van der Waals surface area contributed by atoms with Gasteiger partial charge in [0.15, 0.2) is 23.3 Å². The van der Waals surface area contributed by atoms with Gasteiger partial charge >= 0.3 is 6.18 Å². The Morgan fingerprint density at radius 2 is 1.31 bits per heavy atom. The summed E-state index contributed by atoms with van der Waals surface area (Å²) in [6.07, 6.45) is -4.21. The molecule has 7 saturated heterocycles. The number of aliphatic hydroxyl groups excluding tert-OH is 2. The van der Waals surface area contributed by atoms with Crippen molar-refractivity contribution >= 4 is 0 Å². The maximum absolute atomic E-state index is 14.5. The zero-order chi connectivity index (χ0) is 36.4. The zero-order valence-electron chi connectivity index (χ0n) is 30.2. The summed E-state index contributed by atoms with van der Waals surface area (Å²) in [6.45, 7) is 10.3. The monoisotopic (exact) mass is 734 g/mol. The van der Waals surface area contributed by atoms with Crippen LogP contribution in [0.3, 0.4) is 0 Å². The zero-order valence-corrected chi connectivity index (χ0v) is 30.2. The number of halogens is 3. The molecule has 9 fully saturated rings. The second kappa shape index (κ2) is 12.5. The number of hydrogen-bond donors (Lipinski definition) is 2. The highest BCUT2D eigenvalue weighted by atomic mass is 19.4. The highest BCUT2D eigenvalue weighted by molar-refractivity contribution is 5.28. The van der Waals surface area contributed by atoms with Crippen molar-refractivity contribution in [3.63, 3.8) is 0 Å². The van der Waals surface area contributed by atoms with E-state index in [0.717, 1.165) is 19.3 Å². The number of hydrogen-bond acceptors (Lipinski definition) is 12. The Labute approximate surface area is 296 Å². The van der Waals surface area contributed by atoms with Gasteiger partial charge in [0, 0.05) is 42.1 Å². The Bertz CT molecular complexity index is 1380. The quantitative estimate of drug-likeness (QED) is 0.310. The molecule has 2 saturated carbocycles. The molecule has 2 spiro atoms. The maximum Gasteiger partial charge on any atom is 0.449 e. The summed E-state index contributed by atoms with van der Waals surface area (Å²) in [7, 11) is 0. The van der Waals surface area contributed by atoms with E-state index in [1.165, 1.54) is 0 Å². The van der Waals surface area contributed by atoms with E-state index in [2.05, 4.69) is 13.8 Å². The number of allylic oxidation sites excluding steroid dienone is 1. The lowest BCUT2D eigenvalue weighted by atomic mass is 9.57. The summed E-state index contributed by atoms with van der Waals surface area (Å²) in [5.74, 6) is -4.97. The minimum Gasteiger partial charge on any atom is -0.456 e. The predicted octanol–water partition coefficient (Wildman–Crippen LogP) is 5.40. The molecule has 0 unspecified atom stereocenters. The van der Waals surface area contributed by atoms with Crippen molar-refractivity contribution in [1.82, 2.24) is 0 Å². The molecule has 0 radical (unpaired) electrons. The van der Waals surface area contributed by atoms with Crippen LogP contribution in [0, 0.1) is 41.4 Å². The fourth-order valence-corrected chi connectivity index (χ4v) is 10.9. The second-order valence-electron chi connectivity index (χ2n) is 17.1. The molecule has 8 aliphatic heterocycles. The van der Waals surface area contributed by atoms with Gasteiger partial charge in [-0.05, 0) is 77.0 Å². The largest absolute Gasteiger partial charge is 0.456 e. The van der Waals surface area contributed by atoms with Crippen LogP contribution in [-0.2, 0) is 48.0 Å². The van der Waals surface area contributed by atoms with Crippen LogP contribution in [0.2, 0.25) is 0 Å². The third kappa shape index (κ3) is 5.65. The van der Waals surface area contributed by atoms with Crippen LogP contribution in [0.4, 0.5) is 13.2 Å². The van der Waals surface area contributed by atoms with Crippen LogP contribution in [0.15, 0.2) is 11.3 Å². The third-order valence-corrected chi connectivity index (χ3v) is 14.0. The summed E-state index contributed by atoms with van der Waals surface area (Å²) in [5, 5.41) is 22.0. The molecule has 290 valence electrons. The summed E-state index contributed by atoms with van der Waals surface area (Å²) >= 11 is 0. The highest BCUT2D eigenvalue weighted by Gasteiger charge is 2.72. The van der Waals surface area contributed by atoms with Crippen LogP contribution in [0.25, 0.3) is 0 Å². The molecule has 0 aromatic heterocycles. The molecule has 0 amide bonds. The molecule has 0 aromatic rings. The Kier molecular flexibility index (Phi) is 9.00. The SMILES string of the molecule is C[C@@H]1CC[C@H]2[C@@H](C)[C@@](C)(OC[C@@H](O)[C@H](O)COCC3=C(C(F)(F)F)O[C@@H]4O[C@@]5(C)CC[C@H]6[C@H](C)CC[C@@H]3[C@@]46OO5)O[C@@H]3O[C@@]4(C)CC[C@@H]1[C@]32OO4. The average molecular weight is 735 g/mol. The Morgan fingerprint density at radius 1 is 0.725 bits per heavy atom. The van der Waals surface area contributed by atoms with E-state index in [9.17, 15) is 23.4 Å². The summed E-state index contributed by atoms with van der Waals surface area (Å²) < 4.78 is 80.3. The molecule has 10 rings (SSSR count). The standard InChI is InChI=1S/C36H53F3O12/c1-18-7-9-24-20(3)33(6,47-30-34(24)22(18)11-14-32(5,46-30)49-50-34)43-17-27(41)26(40)16-42-15-21-25-10-8-19(2)23-12-13-31(4)45-29(35(23,25)51-48-31)44-28(21)36(37,38)39/h18-20,22-27,29-30,40-41H,7-17H2,1-6H3/t18-,19-,20-,22+,23+,24+,25+,26-,27-,29-,30+,31-,32-,33+,34-,35-/m1/s1. The fourth-order valence-electron chi connectivity index (χ4n) is 10.9. The molecule has 10 aliphatic rings. The smallest absolute Gasteiger partial charge is 0.449 e. The van der Waals surface area contributed by atoms with Crippen molar-refractivity contribution in [2.75, 3.05) is 19.8 Å². The van der Waals surface area contributed by atoms with Crippen molar-refractivity contribution in [1.29, 1.82) is 0 Å². The first-order chi connectivity index (χ1) is 23.9. The summed E-state index contributed by atoms with van der Waals surface area (Å²) in [6, 6.07) is 0. The number of fused-ring (bicyclic) bond motifs is 4. The fraction of sp³-hybridized carbons (Fsp3) is 0.944. The van der Waals surface area contributed by atoms with Crippen molar-refractivity contribution in [3.05, 3.63) is 11.3 Å². The first-order valence-corrected chi connectivity index (χ1v) is 18.8. The number of ether oxygens (including phenoxy) is 6. The minimum atomic E-state index is -4.82. The van der Waals surface area contributed by atoms with E-state index in [4.69, 9.17) is 48.0 Å². The second-order valence-corrected chi connectivity index (χ2v) is 17.1. The van der Waals surface area contributed by atoms with Gasteiger partial charge < -0.3 is 38.6 Å². The number of aliphatic hydroxyl groups is 2. The molecule has 2 N–H and O–H groups in total. The molecule has 12 nitrogen and oxygen atoms in total. The molecule has 2 aliphatic carbocycles. The first kappa shape index (κ1) is 36.8.